The second kappa shape index (κ2) is 9.10. The molecule has 1 aliphatic rings. The lowest BCUT2D eigenvalue weighted by atomic mass is 9.85. The Bertz CT molecular complexity index is 1470. The topological polar surface area (TPSA) is 88.4 Å². The van der Waals surface area contributed by atoms with E-state index < -0.39 is 17.6 Å². The molecule has 36 heavy (non-hydrogen) atoms. The highest BCUT2D eigenvalue weighted by Gasteiger charge is 2.31. The molecule has 5 rings (SSSR count). The van der Waals surface area contributed by atoms with Gasteiger partial charge in [0.15, 0.2) is 5.65 Å². The zero-order chi connectivity index (χ0) is 25.4. The van der Waals surface area contributed by atoms with Crippen LogP contribution < -0.4 is 10.6 Å². The second-order valence-electron chi connectivity index (χ2n) is 8.79. The third-order valence-electron chi connectivity index (χ3n) is 6.37. The molecule has 2 N–H and O–H groups in total. The highest BCUT2D eigenvalue weighted by molar-refractivity contribution is 6.04. The van der Waals surface area contributed by atoms with Gasteiger partial charge in [-0.3, -0.25) is 14.0 Å². The standard InChI is InChI=1S/C26H22F3N5O2/c1-15-7-8-17(25(36)33-22-13-18(9-10-30-22)26(27,28)29)12-19(15)21-14-31-23-20(6-3-11-34(21)23)32-24(35)16-4-2-5-16/h3,6-14,16H,2,4-5H2,1H3,(H,32,35)(H,30,33,36). The highest BCUT2D eigenvalue weighted by Crippen LogP contribution is 2.32. The summed E-state index contributed by atoms with van der Waals surface area (Å²) in [6.45, 7) is 1.88. The minimum atomic E-state index is -4.54. The maximum Gasteiger partial charge on any atom is 0.416 e. The van der Waals surface area contributed by atoms with Crippen molar-refractivity contribution in [3.8, 4) is 11.3 Å². The van der Waals surface area contributed by atoms with Gasteiger partial charge in [-0.1, -0.05) is 12.5 Å². The lowest BCUT2D eigenvalue weighted by molar-refractivity contribution is -0.137. The summed E-state index contributed by atoms with van der Waals surface area (Å²) in [7, 11) is 0. The molecule has 0 bridgehead atoms. The van der Waals surface area contributed by atoms with E-state index in [9.17, 15) is 22.8 Å². The number of hydrogen-bond acceptors (Lipinski definition) is 4. The fourth-order valence-electron chi connectivity index (χ4n) is 4.12. The van der Waals surface area contributed by atoms with E-state index in [0.29, 0.717) is 17.0 Å². The molecule has 0 unspecified atom stereocenters. The van der Waals surface area contributed by atoms with E-state index in [4.69, 9.17) is 0 Å². The molecule has 1 fully saturated rings. The Labute approximate surface area is 204 Å². The molecule has 1 aromatic carbocycles. The van der Waals surface area contributed by atoms with Crippen molar-refractivity contribution in [1.82, 2.24) is 14.4 Å². The Morgan fingerprint density at radius 3 is 2.58 bits per heavy atom. The van der Waals surface area contributed by atoms with Crippen molar-refractivity contribution in [3.05, 3.63) is 77.7 Å². The average molecular weight is 493 g/mol. The number of rotatable bonds is 5. The largest absolute Gasteiger partial charge is 0.416 e. The van der Waals surface area contributed by atoms with Crippen molar-refractivity contribution in [2.24, 2.45) is 5.92 Å². The number of nitrogens with one attached hydrogen (secondary N) is 2. The molecule has 0 aliphatic heterocycles. The lowest BCUT2D eigenvalue weighted by Gasteiger charge is -2.24. The molecule has 3 heterocycles. The predicted molar refractivity (Wildman–Crippen MR) is 129 cm³/mol. The molecule has 10 heteroatoms. The number of carbonyl (C=O) groups is 2. The number of aromatic nitrogens is 3. The van der Waals surface area contributed by atoms with Gasteiger partial charge in [0.2, 0.25) is 5.91 Å². The Morgan fingerprint density at radius 1 is 1.06 bits per heavy atom. The number of anilines is 2. The third kappa shape index (κ3) is 4.53. The van der Waals surface area contributed by atoms with Crippen LogP contribution in [0.4, 0.5) is 24.7 Å². The number of carbonyl (C=O) groups excluding carboxylic acids is 2. The van der Waals surface area contributed by atoms with Gasteiger partial charge in [0.05, 0.1) is 23.1 Å². The van der Waals surface area contributed by atoms with Crippen LogP contribution in [-0.2, 0) is 11.0 Å². The molecule has 0 atom stereocenters. The minimum absolute atomic E-state index is 0.0167. The smallest absolute Gasteiger partial charge is 0.323 e. The van der Waals surface area contributed by atoms with Gasteiger partial charge in [0, 0.05) is 29.4 Å². The van der Waals surface area contributed by atoms with Crippen LogP contribution in [0.3, 0.4) is 0 Å². The molecule has 0 saturated heterocycles. The molecule has 7 nitrogen and oxygen atoms in total. The number of hydrogen-bond donors (Lipinski definition) is 2. The van der Waals surface area contributed by atoms with E-state index in [1.165, 1.54) is 0 Å². The van der Waals surface area contributed by atoms with Gasteiger partial charge in [-0.2, -0.15) is 13.2 Å². The zero-order valence-corrected chi connectivity index (χ0v) is 19.3. The van der Waals surface area contributed by atoms with Gasteiger partial charge in [-0.05, 0) is 61.7 Å². The summed E-state index contributed by atoms with van der Waals surface area (Å²) in [5, 5.41) is 5.40. The van der Waals surface area contributed by atoms with E-state index in [0.717, 1.165) is 48.7 Å². The lowest BCUT2D eigenvalue weighted by Crippen LogP contribution is -2.28. The van der Waals surface area contributed by atoms with E-state index >= 15 is 0 Å². The number of amides is 2. The number of alkyl halides is 3. The van der Waals surface area contributed by atoms with Crippen molar-refractivity contribution in [3.63, 3.8) is 0 Å². The van der Waals surface area contributed by atoms with Crippen LogP contribution in [-0.4, -0.2) is 26.2 Å². The number of benzene rings is 1. The molecule has 0 spiro atoms. The number of imidazole rings is 1. The molecule has 2 amide bonds. The van der Waals surface area contributed by atoms with Gasteiger partial charge < -0.3 is 10.6 Å². The summed E-state index contributed by atoms with van der Waals surface area (Å²) in [5.41, 5.74) is 2.81. The van der Waals surface area contributed by atoms with E-state index in [2.05, 4.69) is 20.6 Å². The Balaban J connectivity index is 1.43. The normalized spacial score (nSPS) is 13.9. The Kier molecular flexibility index (Phi) is 5.95. The molecule has 1 saturated carbocycles. The van der Waals surface area contributed by atoms with Crippen LogP contribution >= 0.6 is 0 Å². The first kappa shape index (κ1) is 23.5. The summed E-state index contributed by atoms with van der Waals surface area (Å²) < 4.78 is 40.8. The van der Waals surface area contributed by atoms with Gasteiger partial charge in [0.1, 0.15) is 5.82 Å². The van der Waals surface area contributed by atoms with E-state index in [1.54, 1.807) is 36.5 Å². The summed E-state index contributed by atoms with van der Waals surface area (Å²) in [6.07, 6.45) is 2.76. The first-order valence-corrected chi connectivity index (χ1v) is 11.4. The van der Waals surface area contributed by atoms with Gasteiger partial charge in [-0.25, -0.2) is 9.97 Å². The van der Waals surface area contributed by atoms with Crippen LogP contribution in [0.1, 0.15) is 40.7 Å². The molecule has 1 aliphatic carbocycles. The van der Waals surface area contributed by atoms with Crippen molar-refractivity contribution < 1.29 is 22.8 Å². The summed E-state index contributed by atoms with van der Waals surface area (Å²) in [5.74, 6) is -0.774. The van der Waals surface area contributed by atoms with Crippen LogP contribution in [0.15, 0.2) is 61.1 Å². The number of pyridine rings is 2. The number of halogens is 3. The maximum atomic E-state index is 13.0. The Hall–Kier alpha value is -4.21. The SMILES string of the molecule is Cc1ccc(C(=O)Nc2cc(C(F)(F)F)ccn2)cc1-c1cnc2c(NC(=O)C3CCC3)cccn12. The van der Waals surface area contributed by atoms with Crippen LogP contribution in [0.5, 0.6) is 0 Å². The van der Waals surface area contributed by atoms with Crippen LogP contribution in [0, 0.1) is 12.8 Å². The van der Waals surface area contributed by atoms with Crippen LogP contribution in [0.2, 0.25) is 0 Å². The van der Waals surface area contributed by atoms with Crippen LogP contribution in [0.25, 0.3) is 16.9 Å². The fourth-order valence-corrected chi connectivity index (χ4v) is 4.12. The zero-order valence-electron chi connectivity index (χ0n) is 19.3. The number of fused-ring (bicyclic) bond motifs is 1. The second-order valence-corrected chi connectivity index (χ2v) is 8.79. The van der Waals surface area contributed by atoms with E-state index in [1.807, 2.05) is 17.5 Å². The summed E-state index contributed by atoms with van der Waals surface area (Å²) in [6, 6.07) is 10.2. The third-order valence-corrected chi connectivity index (χ3v) is 6.37. The molecule has 0 radical (unpaired) electrons. The van der Waals surface area contributed by atoms with Gasteiger partial charge in [0.25, 0.3) is 5.91 Å². The predicted octanol–water partition coefficient (Wildman–Crippen LogP) is 5.71. The van der Waals surface area contributed by atoms with Crippen molar-refractivity contribution in [2.45, 2.75) is 32.4 Å². The average Bonchev–Trinajstić information content (AvgIpc) is 3.23. The molecular weight excluding hydrogens is 471 g/mol. The van der Waals surface area contributed by atoms with Crippen molar-refractivity contribution in [2.75, 3.05) is 10.6 Å². The first-order valence-electron chi connectivity index (χ1n) is 11.4. The van der Waals surface area contributed by atoms with Gasteiger partial charge in [-0.15, -0.1) is 0 Å². The van der Waals surface area contributed by atoms with E-state index in [-0.39, 0.29) is 23.2 Å². The molecule has 184 valence electrons. The molecule has 3 aromatic heterocycles. The number of aryl methyl sites for hydroxylation is 1. The summed E-state index contributed by atoms with van der Waals surface area (Å²) in [4.78, 5) is 33.6. The first-order chi connectivity index (χ1) is 17.2. The van der Waals surface area contributed by atoms with Crippen molar-refractivity contribution in [1.29, 1.82) is 0 Å². The Morgan fingerprint density at radius 2 is 1.86 bits per heavy atom. The molecular formula is C26H22F3N5O2. The minimum Gasteiger partial charge on any atom is -0.323 e. The number of nitrogens with zero attached hydrogens (tertiary/aromatic N) is 3. The fraction of sp³-hybridized carbons (Fsp3) is 0.231. The van der Waals surface area contributed by atoms with Gasteiger partial charge >= 0.3 is 6.18 Å². The monoisotopic (exact) mass is 493 g/mol. The maximum absolute atomic E-state index is 13.0. The summed E-state index contributed by atoms with van der Waals surface area (Å²) >= 11 is 0. The quantitative estimate of drug-likeness (QED) is 0.373. The van der Waals surface area contributed by atoms with Crippen molar-refractivity contribution >= 4 is 29.0 Å². The highest BCUT2D eigenvalue weighted by atomic mass is 19.4. The molecule has 4 aromatic rings.